The van der Waals surface area contributed by atoms with Gasteiger partial charge in [0, 0.05) is 11.6 Å². The Morgan fingerprint density at radius 3 is 2.93 bits per heavy atom. The number of rotatable bonds is 2. The summed E-state index contributed by atoms with van der Waals surface area (Å²) < 4.78 is 5.52. The summed E-state index contributed by atoms with van der Waals surface area (Å²) >= 11 is 0. The molecule has 0 spiro atoms. The molecule has 76 valence electrons. The van der Waals surface area contributed by atoms with Crippen LogP contribution in [0.1, 0.15) is 12.5 Å². The molecule has 0 amide bonds. The van der Waals surface area contributed by atoms with Gasteiger partial charge in [0.1, 0.15) is 7.85 Å². The maximum Gasteiger partial charge on any atom is 0.221 e. The number of hydrogen-bond donors (Lipinski definition) is 0. The summed E-state index contributed by atoms with van der Waals surface area (Å²) in [5.74, 6) is 0.738. The van der Waals surface area contributed by atoms with Crippen LogP contribution < -0.4 is 10.2 Å². The number of aryl methyl sites for hydroxylation is 1. The van der Waals surface area contributed by atoms with Crippen molar-refractivity contribution in [1.29, 1.82) is 0 Å². The molecule has 0 unspecified atom stereocenters. The highest BCUT2D eigenvalue weighted by molar-refractivity contribution is 6.39. The van der Waals surface area contributed by atoms with E-state index in [9.17, 15) is 0 Å². The average Bonchev–Trinajstić information content (AvgIpc) is 2.22. The fraction of sp³-hybridized carbons (Fsp3) is 0.250. The summed E-state index contributed by atoms with van der Waals surface area (Å²) in [7, 11) is 2.12. The molecule has 2 nitrogen and oxygen atoms in total. The van der Waals surface area contributed by atoms with E-state index in [2.05, 4.69) is 31.9 Å². The molecule has 0 saturated carbocycles. The minimum atomic E-state index is 0.652. The van der Waals surface area contributed by atoms with E-state index in [0.717, 1.165) is 11.3 Å². The van der Waals surface area contributed by atoms with E-state index in [0.29, 0.717) is 6.61 Å². The smallest absolute Gasteiger partial charge is 0.221 e. The van der Waals surface area contributed by atoms with Gasteiger partial charge in [0.05, 0.1) is 6.61 Å². The average molecular weight is 199 g/mol. The van der Waals surface area contributed by atoms with Crippen LogP contribution in [0.5, 0.6) is 5.88 Å². The highest BCUT2D eigenvalue weighted by atomic mass is 16.5. The van der Waals surface area contributed by atoms with Crippen molar-refractivity contribution in [1.82, 2.24) is 4.98 Å². The molecule has 1 aromatic heterocycles. The summed E-state index contributed by atoms with van der Waals surface area (Å²) in [5.41, 5.74) is 2.47. The lowest BCUT2D eigenvalue weighted by Crippen LogP contribution is -2.06. The third kappa shape index (κ3) is 1.69. The molecular formula is C12H14BNO. The van der Waals surface area contributed by atoms with E-state index in [1.807, 2.05) is 19.2 Å². The van der Waals surface area contributed by atoms with Gasteiger partial charge in [-0.15, -0.1) is 0 Å². The molecular weight excluding hydrogens is 185 g/mol. The first-order chi connectivity index (χ1) is 7.24. The zero-order chi connectivity index (χ0) is 10.8. The van der Waals surface area contributed by atoms with E-state index in [4.69, 9.17) is 4.74 Å². The second kappa shape index (κ2) is 3.93. The molecule has 0 saturated heterocycles. The topological polar surface area (TPSA) is 22.1 Å². The number of fused-ring (bicyclic) bond motifs is 1. The summed E-state index contributed by atoms with van der Waals surface area (Å²) in [6.07, 6.45) is 1.88. The first kappa shape index (κ1) is 10.0. The van der Waals surface area contributed by atoms with E-state index in [1.54, 1.807) is 0 Å². The van der Waals surface area contributed by atoms with Crippen molar-refractivity contribution < 1.29 is 4.74 Å². The highest BCUT2D eigenvalue weighted by Gasteiger charge is 2.06. The molecule has 0 aliphatic carbocycles. The fourth-order valence-electron chi connectivity index (χ4n) is 1.91. The Bertz CT molecular complexity index is 488. The van der Waals surface area contributed by atoms with Crippen molar-refractivity contribution in [3.63, 3.8) is 0 Å². The molecule has 0 N–H and O–H groups in total. The molecule has 0 bridgehead atoms. The van der Waals surface area contributed by atoms with Gasteiger partial charge >= 0.3 is 0 Å². The maximum absolute atomic E-state index is 5.52. The second-order valence-electron chi connectivity index (χ2n) is 3.68. The van der Waals surface area contributed by atoms with Gasteiger partial charge in [0.2, 0.25) is 5.88 Å². The Morgan fingerprint density at radius 2 is 2.20 bits per heavy atom. The van der Waals surface area contributed by atoms with Gasteiger partial charge in [0.15, 0.2) is 0 Å². The molecule has 0 radical (unpaired) electrons. The summed E-state index contributed by atoms with van der Waals surface area (Å²) in [6.45, 7) is 4.71. The molecule has 0 aliphatic rings. The molecule has 0 aliphatic heterocycles. The molecule has 0 fully saturated rings. The summed E-state index contributed by atoms with van der Waals surface area (Å²) in [4.78, 5) is 4.32. The zero-order valence-electron chi connectivity index (χ0n) is 9.37. The van der Waals surface area contributed by atoms with Gasteiger partial charge in [-0.1, -0.05) is 17.6 Å². The number of benzene rings is 1. The van der Waals surface area contributed by atoms with Gasteiger partial charge in [-0.2, -0.15) is 0 Å². The van der Waals surface area contributed by atoms with Gasteiger partial charge in [-0.25, -0.2) is 4.98 Å². The van der Waals surface area contributed by atoms with Crippen molar-refractivity contribution in [2.24, 2.45) is 0 Å². The zero-order valence-corrected chi connectivity index (χ0v) is 9.37. The molecule has 2 rings (SSSR count). The van der Waals surface area contributed by atoms with E-state index in [1.165, 1.54) is 16.4 Å². The van der Waals surface area contributed by atoms with Gasteiger partial charge in [-0.05, 0) is 30.9 Å². The van der Waals surface area contributed by atoms with Crippen molar-refractivity contribution >= 4 is 24.1 Å². The van der Waals surface area contributed by atoms with Crippen molar-refractivity contribution in [2.45, 2.75) is 13.8 Å². The van der Waals surface area contributed by atoms with Crippen LogP contribution in [0.2, 0.25) is 0 Å². The van der Waals surface area contributed by atoms with E-state index < -0.39 is 0 Å². The van der Waals surface area contributed by atoms with Crippen LogP contribution in [0.25, 0.3) is 10.8 Å². The third-order valence-corrected chi connectivity index (χ3v) is 2.55. The van der Waals surface area contributed by atoms with Crippen LogP contribution in [0, 0.1) is 6.92 Å². The fourth-order valence-corrected chi connectivity index (χ4v) is 1.91. The normalized spacial score (nSPS) is 10.5. The van der Waals surface area contributed by atoms with Crippen molar-refractivity contribution in [2.75, 3.05) is 6.61 Å². The number of pyridine rings is 1. The van der Waals surface area contributed by atoms with Crippen molar-refractivity contribution in [3.05, 3.63) is 30.0 Å². The van der Waals surface area contributed by atoms with Crippen molar-refractivity contribution in [3.8, 4) is 5.88 Å². The lowest BCUT2D eigenvalue weighted by Gasteiger charge is -2.10. The number of nitrogens with zero attached hydrogens (tertiary/aromatic N) is 1. The van der Waals surface area contributed by atoms with Gasteiger partial charge in [-0.3, -0.25) is 0 Å². The molecule has 2 aromatic rings. The maximum atomic E-state index is 5.52. The van der Waals surface area contributed by atoms with E-state index >= 15 is 0 Å². The van der Waals surface area contributed by atoms with Crippen LogP contribution in [0.3, 0.4) is 0 Å². The van der Waals surface area contributed by atoms with E-state index in [-0.39, 0.29) is 0 Å². The standard InChI is InChI=1S/C12H14BNO/c1-3-15-12-9-5-4-6-10(13)11(9)8(2)7-14-12/h4-7H,3,13H2,1-2H3. The Hall–Kier alpha value is -1.51. The largest absolute Gasteiger partial charge is 0.478 e. The first-order valence-electron chi connectivity index (χ1n) is 5.21. The Balaban J connectivity index is 2.76. The third-order valence-electron chi connectivity index (χ3n) is 2.55. The number of ether oxygens (including phenoxy) is 1. The minimum Gasteiger partial charge on any atom is -0.478 e. The summed E-state index contributed by atoms with van der Waals surface area (Å²) in [6, 6.07) is 6.22. The molecule has 1 aromatic carbocycles. The monoisotopic (exact) mass is 199 g/mol. The molecule has 3 heteroatoms. The lowest BCUT2D eigenvalue weighted by molar-refractivity contribution is 0.331. The number of aromatic nitrogens is 1. The predicted octanol–water partition coefficient (Wildman–Crippen LogP) is 1.20. The Kier molecular flexibility index (Phi) is 2.63. The second-order valence-corrected chi connectivity index (χ2v) is 3.68. The van der Waals surface area contributed by atoms with Gasteiger partial charge in [0.25, 0.3) is 0 Å². The van der Waals surface area contributed by atoms with Crippen LogP contribution in [-0.2, 0) is 0 Å². The molecule has 0 atom stereocenters. The first-order valence-corrected chi connectivity index (χ1v) is 5.21. The predicted molar refractivity (Wildman–Crippen MR) is 65.8 cm³/mol. The quantitative estimate of drug-likeness (QED) is 0.678. The SMILES string of the molecule is Bc1cccc2c(OCC)ncc(C)c12. The summed E-state index contributed by atoms with van der Waals surface area (Å²) in [5, 5.41) is 2.37. The van der Waals surface area contributed by atoms with Crippen LogP contribution in [0.4, 0.5) is 0 Å². The van der Waals surface area contributed by atoms with Crippen LogP contribution in [-0.4, -0.2) is 19.4 Å². The van der Waals surface area contributed by atoms with Crippen LogP contribution in [0.15, 0.2) is 24.4 Å². The highest BCUT2D eigenvalue weighted by Crippen LogP contribution is 2.23. The van der Waals surface area contributed by atoms with Gasteiger partial charge < -0.3 is 4.74 Å². The lowest BCUT2D eigenvalue weighted by atomic mass is 9.89. The Labute approximate surface area is 90.7 Å². The molecule has 1 heterocycles. The number of hydrogen-bond acceptors (Lipinski definition) is 2. The van der Waals surface area contributed by atoms with Crippen LogP contribution >= 0.6 is 0 Å². The molecule has 15 heavy (non-hydrogen) atoms. The minimum absolute atomic E-state index is 0.652. The Morgan fingerprint density at radius 1 is 1.40 bits per heavy atom.